The number of rotatable bonds is 2. The molecule has 0 aliphatic carbocycles. The molecule has 2 aromatic rings. The zero-order chi connectivity index (χ0) is 11.5. The Morgan fingerprint density at radius 1 is 1.19 bits per heavy atom. The second-order valence-corrected chi connectivity index (χ2v) is 4.03. The van der Waals surface area contributed by atoms with E-state index in [1.165, 1.54) is 24.5 Å². The smallest absolute Gasteiger partial charge is 0.159 e. The van der Waals surface area contributed by atoms with Crippen LogP contribution in [0, 0.1) is 5.82 Å². The number of nitrogens with zero attached hydrogens (tertiary/aromatic N) is 2. The third kappa shape index (κ3) is 2.30. The Hall–Kier alpha value is -1.62. The summed E-state index contributed by atoms with van der Waals surface area (Å²) in [5.41, 5.74) is 0.948. The standard InChI is InChI=1S/C11H6BrFN2O/c12-9-1-8(2-10(13)3-9)11-14-4-7(6-16)5-15-11/h1-6H. The summed E-state index contributed by atoms with van der Waals surface area (Å²) >= 11 is 3.19. The van der Waals surface area contributed by atoms with Gasteiger partial charge in [-0.05, 0) is 18.2 Å². The van der Waals surface area contributed by atoms with Crippen molar-refractivity contribution >= 4 is 22.2 Å². The van der Waals surface area contributed by atoms with E-state index in [0.717, 1.165) is 0 Å². The number of carbonyl (C=O) groups is 1. The van der Waals surface area contributed by atoms with Gasteiger partial charge in [-0.15, -0.1) is 0 Å². The molecule has 1 aromatic heterocycles. The van der Waals surface area contributed by atoms with Crippen LogP contribution in [0.25, 0.3) is 11.4 Å². The number of hydrogen-bond acceptors (Lipinski definition) is 3. The maximum absolute atomic E-state index is 13.1. The first-order valence-electron chi connectivity index (χ1n) is 4.43. The summed E-state index contributed by atoms with van der Waals surface area (Å²) in [5, 5.41) is 0. The zero-order valence-electron chi connectivity index (χ0n) is 8.02. The molecule has 0 N–H and O–H groups in total. The first kappa shape index (κ1) is 10.9. The fourth-order valence-electron chi connectivity index (χ4n) is 1.23. The first-order chi connectivity index (χ1) is 7.69. The van der Waals surface area contributed by atoms with Crippen molar-refractivity contribution in [3.63, 3.8) is 0 Å². The molecular formula is C11H6BrFN2O. The van der Waals surface area contributed by atoms with Crippen LogP contribution in [0.5, 0.6) is 0 Å². The molecule has 3 nitrogen and oxygen atoms in total. The fraction of sp³-hybridized carbons (Fsp3) is 0. The first-order valence-corrected chi connectivity index (χ1v) is 5.22. The monoisotopic (exact) mass is 280 g/mol. The fourth-order valence-corrected chi connectivity index (χ4v) is 1.70. The lowest BCUT2D eigenvalue weighted by Gasteiger charge is -2.01. The third-order valence-electron chi connectivity index (χ3n) is 1.93. The largest absolute Gasteiger partial charge is 0.298 e. The second kappa shape index (κ2) is 4.49. The highest BCUT2D eigenvalue weighted by Gasteiger charge is 2.04. The lowest BCUT2D eigenvalue weighted by atomic mass is 10.2. The Morgan fingerprint density at radius 3 is 2.44 bits per heavy atom. The molecule has 2 rings (SSSR count). The molecule has 0 amide bonds. The van der Waals surface area contributed by atoms with Crippen molar-refractivity contribution < 1.29 is 9.18 Å². The summed E-state index contributed by atoms with van der Waals surface area (Å²) in [5.74, 6) is 0.0123. The van der Waals surface area contributed by atoms with Gasteiger partial charge in [-0.1, -0.05) is 15.9 Å². The van der Waals surface area contributed by atoms with E-state index in [1.807, 2.05) is 0 Å². The van der Waals surface area contributed by atoms with Crippen LogP contribution in [0.15, 0.2) is 35.1 Å². The van der Waals surface area contributed by atoms with Crippen LogP contribution in [-0.4, -0.2) is 16.3 Å². The maximum atomic E-state index is 13.1. The van der Waals surface area contributed by atoms with Gasteiger partial charge in [0, 0.05) is 22.4 Å². The third-order valence-corrected chi connectivity index (χ3v) is 2.39. The lowest BCUT2D eigenvalue weighted by molar-refractivity contribution is 0.112. The number of halogens is 2. The summed E-state index contributed by atoms with van der Waals surface area (Å²) in [6.07, 6.45) is 3.45. The molecule has 0 radical (unpaired) electrons. The second-order valence-electron chi connectivity index (χ2n) is 3.12. The number of hydrogen-bond donors (Lipinski definition) is 0. The predicted molar refractivity (Wildman–Crippen MR) is 60.5 cm³/mol. The van der Waals surface area contributed by atoms with Gasteiger partial charge < -0.3 is 0 Å². The minimum absolute atomic E-state index is 0.368. The molecule has 0 aliphatic heterocycles. The van der Waals surface area contributed by atoms with Crippen molar-refractivity contribution in [1.29, 1.82) is 0 Å². The van der Waals surface area contributed by atoms with Crippen LogP contribution in [0.4, 0.5) is 4.39 Å². The Balaban J connectivity index is 2.45. The van der Waals surface area contributed by atoms with Crippen molar-refractivity contribution in [3.05, 3.63) is 46.4 Å². The van der Waals surface area contributed by atoms with Crippen LogP contribution < -0.4 is 0 Å². The van der Waals surface area contributed by atoms with E-state index in [0.29, 0.717) is 27.7 Å². The van der Waals surface area contributed by atoms with Gasteiger partial charge in [-0.25, -0.2) is 14.4 Å². The quantitative estimate of drug-likeness (QED) is 0.795. The highest BCUT2D eigenvalue weighted by Crippen LogP contribution is 2.21. The molecule has 0 saturated carbocycles. The number of carbonyl (C=O) groups excluding carboxylic acids is 1. The van der Waals surface area contributed by atoms with Gasteiger partial charge in [0.05, 0.1) is 5.56 Å². The molecule has 1 heterocycles. The average Bonchev–Trinajstić information content (AvgIpc) is 2.28. The van der Waals surface area contributed by atoms with Gasteiger partial charge in [-0.2, -0.15) is 0 Å². The SMILES string of the molecule is O=Cc1cnc(-c2cc(F)cc(Br)c2)nc1. The van der Waals surface area contributed by atoms with E-state index in [4.69, 9.17) is 0 Å². The summed E-state index contributed by atoms with van der Waals surface area (Å²) in [7, 11) is 0. The van der Waals surface area contributed by atoms with E-state index in [1.54, 1.807) is 6.07 Å². The van der Waals surface area contributed by atoms with Crippen LogP contribution in [0.1, 0.15) is 10.4 Å². The van der Waals surface area contributed by atoms with Gasteiger partial charge in [-0.3, -0.25) is 4.79 Å². The van der Waals surface area contributed by atoms with Crippen molar-refractivity contribution in [2.24, 2.45) is 0 Å². The molecular weight excluding hydrogens is 275 g/mol. The highest BCUT2D eigenvalue weighted by molar-refractivity contribution is 9.10. The van der Waals surface area contributed by atoms with E-state index in [9.17, 15) is 9.18 Å². The summed E-state index contributed by atoms with van der Waals surface area (Å²) in [4.78, 5) is 18.4. The minimum Gasteiger partial charge on any atom is -0.298 e. The van der Waals surface area contributed by atoms with E-state index in [2.05, 4.69) is 25.9 Å². The molecule has 0 fully saturated rings. The molecule has 16 heavy (non-hydrogen) atoms. The summed E-state index contributed by atoms with van der Waals surface area (Å²) < 4.78 is 13.7. The molecule has 0 spiro atoms. The number of benzene rings is 1. The van der Waals surface area contributed by atoms with Gasteiger partial charge in [0.2, 0.25) is 0 Å². The topological polar surface area (TPSA) is 42.9 Å². The highest BCUT2D eigenvalue weighted by atomic mass is 79.9. The molecule has 0 aliphatic rings. The molecule has 1 aromatic carbocycles. The lowest BCUT2D eigenvalue weighted by Crippen LogP contribution is -1.92. The van der Waals surface area contributed by atoms with E-state index >= 15 is 0 Å². The van der Waals surface area contributed by atoms with Crippen molar-refractivity contribution in [3.8, 4) is 11.4 Å². The van der Waals surface area contributed by atoms with Crippen LogP contribution in [0.2, 0.25) is 0 Å². The Kier molecular flexibility index (Phi) is 3.05. The maximum Gasteiger partial charge on any atom is 0.159 e. The van der Waals surface area contributed by atoms with E-state index < -0.39 is 0 Å². The zero-order valence-corrected chi connectivity index (χ0v) is 9.61. The van der Waals surface area contributed by atoms with Crippen molar-refractivity contribution in [2.75, 3.05) is 0 Å². The van der Waals surface area contributed by atoms with Gasteiger partial charge in [0.15, 0.2) is 12.1 Å². The molecule has 80 valence electrons. The molecule has 5 heteroatoms. The van der Waals surface area contributed by atoms with Gasteiger partial charge in [0.25, 0.3) is 0 Å². The van der Waals surface area contributed by atoms with E-state index in [-0.39, 0.29) is 5.82 Å². The summed E-state index contributed by atoms with van der Waals surface area (Å²) in [6, 6.07) is 4.39. The predicted octanol–water partition coefficient (Wildman–Crippen LogP) is 2.86. The summed E-state index contributed by atoms with van der Waals surface area (Å²) in [6.45, 7) is 0. The Labute approximate surface area is 99.5 Å². The van der Waals surface area contributed by atoms with Crippen LogP contribution in [-0.2, 0) is 0 Å². The average molecular weight is 281 g/mol. The molecule has 0 bridgehead atoms. The van der Waals surface area contributed by atoms with Gasteiger partial charge >= 0.3 is 0 Å². The Bertz CT molecular complexity index is 508. The van der Waals surface area contributed by atoms with Gasteiger partial charge in [0.1, 0.15) is 5.82 Å². The van der Waals surface area contributed by atoms with Crippen molar-refractivity contribution in [1.82, 2.24) is 9.97 Å². The molecule has 0 saturated heterocycles. The van der Waals surface area contributed by atoms with Crippen LogP contribution in [0.3, 0.4) is 0 Å². The molecule has 0 unspecified atom stereocenters. The normalized spacial score (nSPS) is 10.1. The molecule has 0 atom stereocenters. The number of aromatic nitrogens is 2. The Morgan fingerprint density at radius 2 is 1.88 bits per heavy atom. The number of aldehydes is 1. The van der Waals surface area contributed by atoms with Crippen LogP contribution >= 0.6 is 15.9 Å². The van der Waals surface area contributed by atoms with Crippen molar-refractivity contribution in [2.45, 2.75) is 0 Å². The minimum atomic E-state index is -0.368.